The van der Waals surface area contributed by atoms with Crippen LogP contribution in [-0.2, 0) is 0 Å². The SMILES string of the molecule is CCC(C)C(CN)c1cccc(Cl)c1F. The van der Waals surface area contributed by atoms with Crippen molar-refractivity contribution in [2.75, 3.05) is 6.54 Å². The Balaban J connectivity index is 3.07. The van der Waals surface area contributed by atoms with Crippen LogP contribution in [0, 0.1) is 11.7 Å². The van der Waals surface area contributed by atoms with Crippen LogP contribution in [0.3, 0.4) is 0 Å². The smallest absolute Gasteiger partial charge is 0.145 e. The molecule has 0 bridgehead atoms. The molecule has 0 aliphatic rings. The molecular formula is C12H17ClFN. The number of benzene rings is 1. The van der Waals surface area contributed by atoms with Crippen molar-refractivity contribution in [3.05, 3.63) is 34.6 Å². The molecule has 0 aliphatic carbocycles. The summed E-state index contributed by atoms with van der Waals surface area (Å²) in [5.41, 5.74) is 6.33. The molecular weight excluding hydrogens is 213 g/mol. The Kier molecular flexibility index (Phi) is 4.55. The molecule has 0 aliphatic heterocycles. The third kappa shape index (κ3) is 2.70. The highest BCUT2D eigenvalue weighted by Crippen LogP contribution is 2.30. The first-order valence-electron chi connectivity index (χ1n) is 5.25. The van der Waals surface area contributed by atoms with E-state index in [4.69, 9.17) is 17.3 Å². The van der Waals surface area contributed by atoms with E-state index in [-0.39, 0.29) is 16.8 Å². The first kappa shape index (κ1) is 12.5. The highest BCUT2D eigenvalue weighted by atomic mass is 35.5. The normalized spacial score (nSPS) is 15.0. The van der Waals surface area contributed by atoms with Crippen LogP contribution in [0.4, 0.5) is 4.39 Å². The lowest BCUT2D eigenvalue weighted by Gasteiger charge is -2.22. The fourth-order valence-electron chi connectivity index (χ4n) is 1.76. The number of halogens is 2. The number of rotatable bonds is 4. The van der Waals surface area contributed by atoms with Gasteiger partial charge in [-0.2, -0.15) is 0 Å². The van der Waals surface area contributed by atoms with Crippen molar-refractivity contribution in [1.29, 1.82) is 0 Å². The fourth-order valence-corrected chi connectivity index (χ4v) is 1.94. The largest absolute Gasteiger partial charge is 0.330 e. The molecule has 1 rings (SSSR count). The summed E-state index contributed by atoms with van der Waals surface area (Å²) in [7, 11) is 0. The van der Waals surface area contributed by atoms with Crippen molar-refractivity contribution < 1.29 is 4.39 Å². The lowest BCUT2D eigenvalue weighted by molar-refractivity contribution is 0.435. The number of hydrogen-bond donors (Lipinski definition) is 1. The lowest BCUT2D eigenvalue weighted by Crippen LogP contribution is -2.20. The number of nitrogens with two attached hydrogens (primary N) is 1. The van der Waals surface area contributed by atoms with E-state index >= 15 is 0 Å². The molecule has 1 nitrogen and oxygen atoms in total. The second-order valence-corrected chi connectivity index (χ2v) is 4.28. The fraction of sp³-hybridized carbons (Fsp3) is 0.500. The molecule has 15 heavy (non-hydrogen) atoms. The topological polar surface area (TPSA) is 26.0 Å². The maximum absolute atomic E-state index is 13.7. The average molecular weight is 230 g/mol. The van der Waals surface area contributed by atoms with E-state index in [9.17, 15) is 4.39 Å². The molecule has 2 atom stereocenters. The highest BCUT2D eigenvalue weighted by molar-refractivity contribution is 6.30. The van der Waals surface area contributed by atoms with Crippen molar-refractivity contribution >= 4 is 11.6 Å². The predicted molar refractivity (Wildman–Crippen MR) is 62.7 cm³/mol. The summed E-state index contributed by atoms with van der Waals surface area (Å²) in [5, 5.41) is 0.175. The zero-order chi connectivity index (χ0) is 11.4. The molecule has 0 saturated heterocycles. The van der Waals surface area contributed by atoms with Crippen LogP contribution in [0.25, 0.3) is 0 Å². The molecule has 0 saturated carbocycles. The molecule has 84 valence electrons. The van der Waals surface area contributed by atoms with Crippen LogP contribution in [-0.4, -0.2) is 6.54 Å². The summed E-state index contributed by atoms with van der Waals surface area (Å²) >= 11 is 5.75. The highest BCUT2D eigenvalue weighted by Gasteiger charge is 2.20. The average Bonchev–Trinajstić information content (AvgIpc) is 2.24. The van der Waals surface area contributed by atoms with Crippen LogP contribution in [0.15, 0.2) is 18.2 Å². The Bertz CT molecular complexity index is 327. The molecule has 2 unspecified atom stereocenters. The molecule has 1 aromatic carbocycles. The Labute approximate surface area is 95.4 Å². The maximum atomic E-state index is 13.7. The van der Waals surface area contributed by atoms with Gasteiger partial charge in [0.05, 0.1) is 5.02 Å². The molecule has 0 spiro atoms. The lowest BCUT2D eigenvalue weighted by atomic mass is 9.85. The van der Waals surface area contributed by atoms with Crippen LogP contribution >= 0.6 is 11.6 Å². The summed E-state index contributed by atoms with van der Waals surface area (Å²) in [6.45, 7) is 4.61. The zero-order valence-corrected chi connectivity index (χ0v) is 9.89. The van der Waals surface area contributed by atoms with Gasteiger partial charge in [0, 0.05) is 5.92 Å². The molecule has 0 fully saturated rings. The van der Waals surface area contributed by atoms with E-state index in [0.29, 0.717) is 18.0 Å². The van der Waals surface area contributed by atoms with Crippen LogP contribution in [0.1, 0.15) is 31.7 Å². The van der Waals surface area contributed by atoms with Gasteiger partial charge in [0.1, 0.15) is 5.82 Å². The van der Waals surface area contributed by atoms with Gasteiger partial charge < -0.3 is 5.73 Å². The van der Waals surface area contributed by atoms with Crippen molar-refractivity contribution in [2.24, 2.45) is 11.7 Å². The summed E-state index contributed by atoms with van der Waals surface area (Å²) < 4.78 is 13.7. The minimum Gasteiger partial charge on any atom is -0.330 e. The van der Waals surface area contributed by atoms with E-state index in [0.717, 1.165) is 6.42 Å². The van der Waals surface area contributed by atoms with Gasteiger partial charge in [0.15, 0.2) is 0 Å². The second kappa shape index (κ2) is 5.47. The molecule has 0 heterocycles. The van der Waals surface area contributed by atoms with Gasteiger partial charge in [0.25, 0.3) is 0 Å². The van der Waals surface area contributed by atoms with Crippen LogP contribution in [0.5, 0.6) is 0 Å². The minimum absolute atomic E-state index is 0.0497. The van der Waals surface area contributed by atoms with E-state index in [1.54, 1.807) is 18.2 Å². The van der Waals surface area contributed by atoms with Gasteiger partial charge in [-0.3, -0.25) is 0 Å². The molecule has 0 amide bonds. The molecule has 1 aromatic rings. The third-order valence-corrected chi connectivity index (χ3v) is 3.26. The van der Waals surface area contributed by atoms with Gasteiger partial charge in [0.2, 0.25) is 0 Å². The second-order valence-electron chi connectivity index (χ2n) is 3.87. The summed E-state index contributed by atoms with van der Waals surface area (Å²) in [5.74, 6) is 0.0894. The maximum Gasteiger partial charge on any atom is 0.145 e. The predicted octanol–water partition coefficient (Wildman–Crippen LogP) is 3.57. The first-order valence-corrected chi connectivity index (χ1v) is 5.63. The molecule has 2 N–H and O–H groups in total. The van der Waals surface area contributed by atoms with Crippen LogP contribution < -0.4 is 5.73 Å². The van der Waals surface area contributed by atoms with Gasteiger partial charge in [-0.05, 0) is 24.1 Å². The van der Waals surface area contributed by atoms with Crippen molar-refractivity contribution in [3.63, 3.8) is 0 Å². The third-order valence-electron chi connectivity index (χ3n) is 2.97. The summed E-state index contributed by atoms with van der Waals surface area (Å²) in [6, 6.07) is 5.10. The number of hydrogen-bond acceptors (Lipinski definition) is 1. The molecule has 0 radical (unpaired) electrons. The van der Waals surface area contributed by atoms with Gasteiger partial charge in [-0.25, -0.2) is 4.39 Å². The standard InChI is InChI=1S/C12H17ClFN/c1-3-8(2)10(7-15)9-5-4-6-11(13)12(9)14/h4-6,8,10H,3,7,15H2,1-2H3. The van der Waals surface area contributed by atoms with Crippen molar-refractivity contribution in [2.45, 2.75) is 26.2 Å². The quantitative estimate of drug-likeness (QED) is 0.840. The first-order chi connectivity index (χ1) is 7.11. The Hall–Kier alpha value is -0.600. The van der Waals surface area contributed by atoms with Gasteiger partial charge in [-0.1, -0.05) is 44.0 Å². The van der Waals surface area contributed by atoms with Crippen molar-refractivity contribution in [1.82, 2.24) is 0 Å². The van der Waals surface area contributed by atoms with E-state index in [1.807, 2.05) is 0 Å². The minimum atomic E-state index is -0.324. The zero-order valence-electron chi connectivity index (χ0n) is 9.13. The van der Waals surface area contributed by atoms with E-state index < -0.39 is 0 Å². The van der Waals surface area contributed by atoms with Crippen LogP contribution in [0.2, 0.25) is 5.02 Å². The Morgan fingerprint density at radius 3 is 2.67 bits per heavy atom. The van der Waals surface area contributed by atoms with E-state index in [1.165, 1.54) is 0 Å². The van der Waals surface area contributed by atoms with E-state index in [2.05, 4.69) is 13.8 Å². The monoisotopic (exact) mass is 229 g/mol. The Morgan fingerprint density at radius 2 is 2.13 bits per heavy atom. The summed E-state index contributed by atoms with van der Waals surface area (Å²) in [4.78, 5) is 0. The van der Waals surface area contributed by atoms with Crippen molar-refractivity contribution in [3.8, 4) is 0 Å². The summed E-state index contributed by atoms with van der Waals surface area (Å²) in [6.07, 6.45) is 0.980. The molecule has 3 heteroatoms. The van der Waals surface area contributed by atoms with Gasteiger partial charge >= 0.3 is 0 Å². The van der Waals surface area contributed by atoms with Gasteiger partial charge in [-0.15, -0.1) is 0 Å². The Morgan fingerprint density at radius 1 is 1.47 bits per heavy atom. The molecule has 0 aromatic heterocycles.